The van der Waals surface area contributed by atoms with Gasteiger partial charge in [-0.15, -0.1) is 0 Å². The predicted octanol–water partition coefficient (Wildman–Crippen LogP) is 14.2. The van der Waals surface area contributed by atoms with Crippen molar-refractivity contribution in [3.05, 3.63) is 134 Å². The summed E-state index contributed by atoms with van der Waals surface area (Å²) in [5.74, 6) is -1.82. The second kappa shape index (κ2) is 48.9. The molecule has 68 heavy (non-hydrogen) atoms. The lowest BCUT2D eigenvalue weighted by Gasteiger charge is -2.34. The molecule has 0 aliphatic rings. The fourth-order valence-electron chi connectivity index (χ4n) is 6.81. The average molecular weight is 942 g/mol. The first-order valence-electron chi connectivity index (χ1n) is 26.2. The number of carbonyl (C=O) groups is 3. The zero-order valence-electron chi connectivity index (χ0n) is 43.5. The van der Waals surface area contributed by atoms with Gasteiger partial charge in [-0.3, -0.25) is 9.59 Å². The number of unbranched alkanes of at least 4 members (excludes halogenated alkanes) is 9. The molecule has 0 amide bonds. The van der Waals surface area contributed by atoms with Gasteiger partial charge in [-0.05, 0) is 109 Å². The van der Waals surface area contributed by atoms with E-state index in [9.17, 15) is 19.5 Å². The number of aliphatic carboxylic acids is 1. The van der Waals surface area contributed by atoms with Crippen LogP contribution in [0.5, 0.6) is 0 Å². The number of hydrogen-bond acceptors (Lipinski definition) is 7. The second-order valence-corrected chi connectivity index (χ2v) is 18.0. The highest BCUT2D eigenvalue weighted by Gasteiger charge is 2.25. The topological polar surface area (TPSA) is 102 Å². The first-order valence-corrected chi connectivity index (χ1v) is 26.2. The van der Waals surface area contributed by atoms with Crippen LogP contribution < -0.4 is 5.11 Å². The van der Waals surface area contributed by atoms with E-state index in [4.69, 9.17) is 14.2 Å². The fourth-order valence-corrected chi connectivity index (χ4v) is 6.81. The minimum Gasteiger partial charge on any atom is -0.544 e. The zero-order chi connectivity index (χ0) is 49.9. The molecule has 0 aliphatic carbocycles. The number of hydrogen-bond donors (Lipinski definition) is 0. The minimum absolute atomic E-state index is 0.0121. The largest absolute Gasteiger partial charge is 0.544 e. The number of carboxylic acid groups (broad SMARTS) is 1. The van der Waals surface area contributed by atoms with E-state index in [1.165, 1.54) is 19.3 Å². The van der Waals surface area contributed by atoms with Gasteiger partial charge in [0.1, 0.15) is 12.6 Å². The van der Waals surface area contributed by atoms with Crippen LogP contribution in [-0.2, 0) is 28.6 Å². The smallest absolute Gasteiger partial charge is 0.306 e. The molecule has 0 bridgehead atoms. The molecule has 0 rings (SSSR count). The Labute approximate surface area is 415 Å². The molecule has 0 fully saturated rings. The number of rotatable bonds is 45. The van der Waals surface area contributed by atoms with Crippen molar-refractivity contribution in [1.29, 1.82) is 0 Å². The lowest BCUT2D eigenvalue weighted by molar-refractivity contribution is -0.889. The van der Waals surface area contributed by atoms with Gasteiger partial charge in [-0.1, -0.05) is 180 Å². The molecule has 0 heterocycles. The molecule has 8 heteroatoms. The van der Waals surface area contributed by atoms with Crippen LogP contribution in [0, 0.1) is 0 Å². The molecule has 0 aromatic heterocycles. The summed E-state index contributed by atoms with van der Waals surface area (Å²) in [5.41, 5.74) is 0. The number of quaternary nitrogens is 1. The fraction of sp³-hybridized carbons (Fsp3) is 0.583. The van der Waals surface area contributed by atoms with Crippen molar-refractivity contribution in [3.8, 4) is 0 Å². The van der Waals surface area contributed by atoms with Crippen LogP contribution in [0.3, 0.4) is 0 Å². The maximum absolute atomic E-state index is 12.8. The minimum atomic E-state index is -1.14. The molecule has 382 valence electrons. The summed E-state index contributed by atoms with van der Waals surface area (Å²) < 4.78 is 17.2. The van der Waals surface area contributed by atoms with Crippen LogP contribution in [-0.4, -0.2) is 75.5 Å². The number of allylic oxidation sites excluding steroid dienone is 22. The monoisotopic (exact) mass is 942 g/mol. The Morgan fingerprint density at radius 2 is 0.779 bits per heavy atom. The highest BCUT2D eigenvalue weighted by atomic mass is 16.6. The Morgan fingerprint density at radius 1 is 0.441 bits per heavy atom. The summed E-state index contributed by atoms with van der Waals surface area (Å²) in [6.07, 6.45) is 70.5. The molecule has 2 unspecified atom stereocenters. The Balaban J connectivity index is 4.38. The normalized spacial score (nSPS) is 14.0. The van der Waals surface area contributed by atoms with E-state index in [0.717, 1.165) is 116 Å². The van der Waals surface area contributed by atoms with Gasteiger partial charge in [0.25, 0.3) is 0 Å². The molecule has 0 radical (unpaired) electrons. The maximum atomic E-state index is 12.8. The molecule has 0 saturated heterocycles. The summed E-state index contributed by atoms with van der Waals surface area (Å²) in [6.45, 7) is 4.36. The molecule has 0 saturated carbocycles. The standard InChI is InChI=1S/C60H95NO7/c1-6-8-10-12-14-16-18-20-22-24-26-28-29-31-33-35-37-39-41-43-45-47-49-51-59(63)68-56(54-66-53-52-57(60(64)65)61(3,4)5)55-67-58(62)50-48-46-44-42-40-38-36-34-32-30-27-25-23-21-19-17-15-13-11-9-7-2/h8-11,14-17,20-23,26-28,30-31,33-34,36,40,42,56-57H,6-7,12-13,18-19,24-25,29,32,35,37-39,41,43-55H2,1-5H3/b10-8+,11-9+,16-14+,17-15+,22-20+,23-21+,28-26+,30-27+,33-31+,36-34+,42-40+. The van der Waals surface area contributed by atoms with E-state index >= 15 is 0 Å². The lowest BCUT2D eigenvalue weighted by Crippen LogP contribution is -2.55. The summed E-state index contributed by atoms with van der Waals surface area (Å²) in [7, 11) is 5.38. The molecule has 0 aliphatic heterocycles. The van der Waals surface area contributed by atoms with Gasteiger partial charge < -0.3 is 28.6 Å². The highest BCUT2D eigenvalue weighted by Crippen LogP contribution is 2.13. The number of ether oxygens (including phenoxy) is 3. The van der Waals surface area contributed by atoms with Crippen molar-refractivity contribution in [2.45, 2.75) is 187 Å². The van der Waals surface area contributed by atoms with Crippen LogP contribution in [0.1, 0.15) is 174 Å². The number of nitrogens with zero attached hydrogens (tertiary/aromatic N) is 1. The first kappa shape index (κ1) is 63.5. The second-order valence-electron chi connectivity index (χ2n) is 18.0. The van der Waals surface area contributed by atoms with E-state index in [1.54, 1.807) is 21.1 Å². The van der Waals surface area contributed by atoms with Crippen molar-refractivity contribution in [3.63, 3.8) is 0 Å². The van der Waals surface area contributed by atoms with Crippen LogP contribution in [0.4, 0.5) is 0 Å². The van der Waals surface area contributed by atoms with Crippen molar-refractivity contribution in [2.24, 2.45) is 0 Å². The van der Waals surface area contributed by atoms with Gasteiger partial charge in [0.15, 0.2) is 6.10 Å². The molecule has 0 aromatic carbocycles. The SMILES string of the molecule is CC/C=C/C/C=C/C/C=C/C/C=C/C/C=C/C/C=C/CCCCC(=O)OCC(COCCC(C(=O)[O-])[N+](C)(C)C)OC(=O)CCCCCCCCC/C=C/C/C=C/C/C=C/C/C=C/C/C=C/CC. The van der Waals surface area contributed by atoms with Crippen molar-refractivity contribution >= 4 is 17.9 Å². The van der Waals surface area contributed by atoms with Gasteiger partial charge >= 0.3 is 11.9 Å². The van der Waals surface area contributed by atoms with E-state index in [1.807, 2.05) is 0 Å². The number of esters is 2. The molecule has 2 atom stereocenters. The van der Waals surface area contributed by atoms with E-state index in [2.05, 4.69) is 148 Å². The Hall–Kier alpha value is -4.53. The van der Waals surface area contributed by atoms with Crippen LogP contribution in [0.2, 0.25) is 0 Å². The van der Waals surface area contributed by atoms with Crippen molar-refractivity contribution in [2.75, 3.05) is 41.0 Å². The maximum Gasteiger partial charge on any atom is 0.306 e. The number of carbonyl (C=O) groups excluding carboxylic acids is 3. The van der Waals surface area contributed by atoms with E-state index < -0.39 is 18.1 Å². The quantitative estimate of drug-likeness (QED) is 0.0259. The van der Waals surface area contributed by atoms with Crippen LogP contribution >= 0.6 is 0 Å². The average Bonchev–Trinajstić information content (AvgIpc) is 3.30. The number of carboxylic acids is 1. The third-order valence-corrected chi connectivity index (χ3v) is 10.8. The predicted molar refractivity (Wildman–Crippen MR) is 286 cm³/mol. The summed E-state index contributed by atoms with van der Waals surface area (Å²) >= 11 is 0. The Morgan fingerprint density at radius 3 is 1.18 bits per heavy atom. The number of likely N-dealkylation sites (N-methyl/N-ethyl adjacent to an activating group) is 1. The van der Waals surface area contributed by atoms with Gasteiger partial charge in [0, 0.05) is 19.3 Å². The molecule has 0 N–H and O–H groups in total. The first-order chi connectivity index (χ1) is 33.1. The third-order valence-electron chi connectivity index (χ3n) is 10.8. The van der Waals surface area contributed by atoms with Gasteiger partial charge in [-0.2, -0.15) is 0 Å². The van der Waals surface area contributed by atoms with Crippen molar-refractivity contribution < 1.29 is 38.2 Å². The van der Waals surface area contributed by atoms with Gasteiger partial charge in [0.2, 0.25) is 0 Å². The van der Waals surface area contributed by atoms with Crippen LogP contribution in [0.15, 0.2) is 134 Å². The highest BCUT2D eigenvalue weighted by molar-refractivity contribution is 5.70. The Bertz CT molecular complexity index is 1570. The molecule has 0 aromatic rings. The third kappa shape index (κ3) is 46.6. The van der Waals surface area contributed by atoms with E-state index in [-0.39, 0.29) is 55.5 Å². The van der Waals surface area contributed by atoms with Gasteiger partial charge in [0.05, 0.1) is 40.3 Å². The van der Waals surface area contributed by atoms with Crippen LogP contribution in [0.25, 0.3) is 0 Å². The lowest BCUT2D eigenvalue weighted by atomic mass is 10.1. The summed E-state index contributed by atoms with van der Waals surface area (Å²) in [4.78, 5) is 37.1. The molecular formula is C60H95NO7. The molecule has 0 spiro atoms. The summed E-state index contributed by atoms with van der Waals surface area (Å²) in [5, 5.41) is 11.7. The zero-order valence-corrected chi connectivity index (χ0v) is 43.5. The molecular weight excluding hydrogens is 847 g/mol. The molecule has 8 nitrogen and oxygen atoms in total. The van der Waals surface area contributed by atoms with Gasteiger partial charge in [-0.25, -0.2) is 0 Å². The van der Waals surface area contributed by atoms with E-state index in [0.29, 0.717) is 6.42 Å². The Kier molecular flexibility index (Phi) is 45.7. The van der Waals surface area contributed by atoms with Crippen molar-refractivity contribution in [1.82, 2.24) is 0 Å². The summed E-state index contributed by atoms with van der Waals surface area (Å²) in [6, 6.07) is -0.745.